The van der Waals surface area contributed by atoms with Crippen LogP contribution in [0.4, 0.5) is 0 Å². The van der Waals surface area contributed by atoms with Gasteiger partial charge in [0.15, 0.2) is 0 Å². The van der Waals surface area contributed by atoms with Crippen LogP contribution in [-0.2, 0) is 18.4 Å². The summed E-state index contributed by atoms with van der Waals surface area (Å²) in [7, 11) is 1.93. The van der Waals surface area contributed by atoms with E-state index < -0.39 is 0 Å². The van der Waals surface area contributed by atoms with Gasteiger partial charge < -0.3 is 14.0 Å². The van der Waals surface area contributed by atoms with Crippen LogP contribution in [0.2, 0.25) is 0 Å². The molecule has 0 saturated heterocycles. The molecule has 0 radical (unpaired) electrons. The van der Waals surface area contributed by atoms with Crippen molar-refractivity contribution in [3.05, 3.63) is 107 Å². The number of benzene rings is 3. The average molecular weight is 449 g/mol. The molecule has 0 amide bonds. The highest BCUT2D eigenvalue weighted by Crippen LogP contribution is 2.32. The van der Waals surface area contributed by atoms with Gasteiger partial charge in [-0.15, -0.1) is 0 Å². The van der Waals surface area contributed by atoms with Gasteiger partial charge in [0.2, 0.25) is 0 Å². The highest BCUT2D eigenvalue weighted by atomic mass is 16.5. The number of aromatic nitrogens is 2. The Balaban J connectivity index is 1.70. The first-order valence-electron chi connectivity index (χ1n) is 11.0. The molecule has 0 bridgehead atoms. The van der Waals surface area contributed by atoms with E-state index in [1.807, 2.05) is 67.1 Å². The zero-order valence-corrected chi connectivity index (χ0v) is 19.1. The number of hydrogen-bond acceptors (Lipinski definition) is 5. The van der Waals surface area contributed by atoms with Crippen molar-refractivity contribution >= 4 is 0 Å². The molecule has 1 heterocycles. The van der Waals surface area contributed by atoms with E-state index in [0.717, 1.165) is 33.7 Å². The van der Waals surface area contributed by atoms with Gasteiger partial charge in [0.05, 0.1) is 54.7 Å². The highest BCUT2D eigenvalue weighted by Gasteiger charge is 2.20. The Morgan fingerprint density at radius 2 is 1.76 bits per heavy atom. The molecule has 1 atom stereocenters. The summed E-state index contributed by atoms with van der Waals surface area (Å²) in [6, 6.07) is 25.2. The molecule has 34 heavy (non-hydrogen) atoms. The predicted molar refractivity (Wildman–Crippen MR) is 129 cm³/mol. The van der Waals surface area contributed by atoms with E-state index in [2.05, 4.69) is 17.1 Å². The number of ether oxygens (including phenoxy) is 2. The highest BCUT2D eigenvalue weighted by molar-refractivity contribution is 5.70. The van der Waals surface area contributed by atoms with Gasteiger partial charge in [0.1, 0.15) is 11.9 Å². The number of imidazole rings is 1. The van der Waals surface area contributed by atoms with Crippen LogP contribution >= 0.6 is 0 Å². The third-order valence-corrected chi connectivity index (χ3v) is 5.57. The average Bonchev–Trinajstić information content (AvgIpc) is 3.30. The molecule has 0 aliphatic heterocycles. The standard InChI is InChI=1S/C28H24N4O2/c1-3-33-25-12-11-24(26(14-25)23-6-4-5-21(13-23)16-30)18-34-28(27-17-31-19-32(27)2)22-9-7-20(15-29)8-10-22/h4-14,17,19,28H,3,18H2,1-2H3. The first kappa shape index (κ1) is 22.8. The van der Waals surface area contributed by atoms with Gasteiger partial charge in [-0.05, 0) is 65.6 Å². The smallest absolute Gasteiger partial charge is 0.124 e. The summed E-state index contributed by atoms with van der Waals surface area (Å²) in [4.78, 5) is 4.26. The molecule has 1 aromatic heterocycles. The van der Waals surface area contributed by atoms with Crippen LogP contribution < -0.4 is 4.74 Å². The van der Waals surface area contributed by atoms with Gasteiger partial charge in [0.25, 0.3) is 0 Å². The fraction of sp³-hybridized carbons (Fsp3) is 0.179. The number of nitriles is 2. The first-order chi connectivity index (χ1) is 16.6. The Hall–Kier alpha value is -4.39. The van der Waals surface area contributed by atoms with Gasteiger partial charge in [-0.25, -0.2) is 4.98 Å². The summed E-state index contributed by atoms with van der Waals surface area (Å²) in [6.07, 6.45) is 3.16. The lowest BCUT2D eigenvalue weighted by atomic mass is 9.98. The van der Waals surface area contributed by atoms with Gasteiger partial charge >= 0.3 is 0 Å². The minimum atomic E-state index is -0.370. The van der Waals surface area contributed by atoms with E-state index in [4.69, 9.17) is 14.7 Å². The molecular formula is C28H24N4O2. The Bertz CT molecular complexity index is 1360. The van der Waals surface area contributed by atoms with Crippen molar-refractivity contribution in [2.24, 2.45) is 7.05 Å². The molecule has 0 fully saturated rings. The third-order valence-electron chi connectivity index (χ3n) is 5.57. The summed E-state index contributed by atoms with van der Waals surface area (Å²) in [5.41, 5.74) is 5.88. The molecule has 0 N–H and O–H groups in total. The maximum Gasteiger partial charge on any atom is 0.124 e. The molecule has 4 rings (SSSR count). The zero-order valence-electron chi connectivity index (χ0n) is 19.1. The molecule has 4 aromatic rings. The van der Waals surface area contributed by atoms with Crippen molar-refractivity contribution in [2.45, 2.75) is 19.6 Å². The van der Waals surface area contributed by atoms with E-state index in [0.29, 0.717) is 24.3 Å². The van der Waals surface area contributed by atoms with E-state index in [1.165, 1.54) is 0 Å². The molecule has 1 unspecified atom stereocenters. The summed E-state index contributed by atoms with van der Waals surface area (Å²) in [6.45, 7) is 2.84. The van der Waals surface area contributed by atoms with Crippen LogP contribution in [0.1, 0.15) is 41.0 Å². The van der Waals surface area contributed by atoms with Crippen molar-refractivity contribution in [2.75, 3.05) is 6.61 Å². The van der Waals surface area contributed by atoms with Crippen LogP contribution in [0.3, 0.4) is 0 Å². The Kier molecular flexibility index (Phi) is 7.03. The van der Waals surface area contributed by atoms with Crippen molar-refractivity contribution in [3.63, 3.8) is 0 Å². The summed E-state index contributed by atoms with van der Waals surface area (Å²) in [5.74, 6) is 0.763. The SMILES string of the molecule is CCOc1ccc(COC(c2ccc(C#N)cc2)c2cncn2C)c(-c2cccc(C#N)c2)c1. The largest absolute Gasteiger partial charge is 0.494 e. The van der Waals surface area contributed by atoms with E-state index in [-0.39, 0.29) is 6.10 Å². The zero-order chi connectivity index (χ0) is 23.9. The second-order valence-corrected chi connectivity index (χ2v) is 7.80. The molecule has 3 aromatic carbocycles. The molecular weight excluding hydrogens is 424 g/mol. The van der Waals surface area contributed by atoms with Gasteiger partial charge in [-0.1, -0.05) is 30.3 Å². The lowest BCUT2D eigenvalue weighted by Crippen LogP contribution is -2.11. The normalized spacial score (nSPS) is 11.4. The first-order valence-corrected chi connectivity index (χ1v) is 11.0. The molecule has 0 aliphatic rings. The summed E-state index contributed by atoms with van der Waals surface area (Å²) in [5, 5.41) is 18.5. The van der Waals surface area contributed by atoms with Crippen LogP contribution in [0, 0.1) is 22.7 Å². The van der Waals surface area contributed by atoms with Crippen molar-refractivity contribution in [3.8, 4) is 29.0 Å². The van der Waals surface area contributed by atoms with Gasteiger partial charge in [-0.3, -0.25) is 0 Å². The molecule has 6 heteroatoms. The number of nitrogens with zero attached hydrogens (tertiary/aromatic N) is 4. The van der Waals surface area contributed by atoms with Crippen molar-refractivity contribution in [1.29, 1.82) is 10.5 Å². The molecule has 0 aliphatic carbocycles. The fourth-order valence-corrected chi connectivity index (χ4v) is 3.84. The van der Waals surface area contributed by atoms with Crippen LogP contribution in [0.25, 0.3) is 11.1 Å². The van der Waals surface area contributed by atoms with Crippen molar-refractivity contribution < 1.29 is 9.47 Å². The minimum Gasteiger partial charge on any atom is -0.494 e. The van der Waals surface area contributed by atoms with Crippen molar-refractivity contribution in [1.82, 2.24) is 9.55 Å². The Morgan fingerprint density at radius 1 is 0.971 bits per heavy atom. The second kappa shape index (κ2) is 10.5. The fourth-order valence-electron chi connectivity index (χ4n) is 3.84. The second-order valence-electron chi connectivity index (χ2n) is 7.80. The lowest BCUT2D eigenvalue weighted by Gasteiger charge is -2.21. The Morgan fingerprint density at radius 3 is 2.44 bits per heavy atom. The van der Waals surface area contributed by atoms with Gasteiger partial charge in [-0.2, -0.15) is 10.5 Å². The molecule has 0 saturated carbocycles. The molecule has 0 spiro atoms. The third kappa shape index (κ3) is 4.99. The summed E-state index contributed by atoms with van der Waals surface area (Å²) < 4.78 is 14.1. The van der Waals surface area contributed by atoms with E-state index in [1.54, 1.807) is 30.7 Å². The molecule has 6 nitrogen and oxygen atoms in total. The molecule has 168 valence electrons. The topological polar surface area (TPSA) is 83.9 Å². The monoisotopic (exact) mass is 448 g/mol. The van der Waals surface area contributed by atoms with Crippen LogP contribution in [0.15, 0.2) is 79.3 Å². The Labute approximate surface area is 199 Å². The number of rotatable bonds is 8. The maximum atomic E-state index is 9.36. The quantitative estimate of drug-likeness (QED) is 0.354. The van der Waals surface area contributed by atoms with E-state index in [9.17, 15) is 5.26 Å². The van der Waals surface area contributed by atoms with Crippen LogP contribution in [0.5, 0.6) is 5.75 Å². The van der Waals surface area contributed by atoms with Gasteiger partial charge in [0, 0.05) is 7.05 Å². The van der Waals surface area contributed by atoms with Crippen LogP contribution in [-0.4, -0.2) is 16.2 Å². The van der Waals surface area contributed by atoms with E-state index >= 15 is 0 Å². The predicted octanol–water partition coefficient (Wildman–Crippen LogP) is 5.54. The number of hydrogen-bond donors (Lipinski definition) is 0. The summed E-state index contributed by atoms with van der Waals surface area (Å²) >= 11 is 0. The maximum absolute atomic E-state index is 9.36. The lowest BCUT2D eigenvalue weighted by molar-refractivity contribution is 0.0624. The number of aryl methyl sites for hydroxylation is 1. The minimum absolute atomic E-state index is 0.328.